The Morgan fingerprint density at radius 3 is 2.75 bits per heavy atom. The molecule has 1 heterocycles. The lowest BCUT2D eigenvalue weighted by Gasteiger charge is -2.30. The molecule has 20 heavy (non-hydrogen) atoms. The van der Waals surface area contributed by atoms with E-state index in [0.717, 1.165) is 18.5 Å². The zero-order chi connectivity index (χ0) is 14.5. The molecule has 0 bridgehead atoms. The summed E-state index contributed by atoms with van der Waals surface area (Å²) in [5, 5.41) is 13.9. The minimum absolute atomic E-state index is 0.0519. The van der Waals surface area contributed by atoms with E-state index in [1.54, 1.807) is 19.1 Å². The summed E-state index contributed by atoms with van der Waals surface area (Å²) in [6.07, 6.45) is 0.821. The van der Waals surface area contributed by atoms with E-state index in [2.05, 4.69) is 5.32 Å². The molecular weight excluding hydrogens is 260 g/mol. The number of nitro groups is 1. The lowest BCUT2D eigenvalue weighted by Crippen LogP contribution is -2.40. The van der Waals surface area contributed by atoms with Crippen molar-refractivity contribution in [3.8, 4) is 0 Å². The predicted molar refractivity (Wildman–Crippen MR) is 73.4 cm³/mol. The molecule has 1 aromatic carbocycles. The molecule has 2 rings (SSSR count). The Balaban J connectivity index is 2.18. The SMILES string of the molecule is CCOC(=O)C1CNCCC1c1ccc([N+](=O)[O-])cc1. The summed E-state index contributed by atoms with van der Waals surface area (Å²) in [5.41, 5.74) is 1.02. The van der Waals surface area contributed by atoms with Crippen LogP contribution in [0.1, 0.15) is 24.8 Å². The molecule has 108 valence electrons. The maximum atomic E-state index is 12.0. The molecule has 1 aliphatic rings. The number of nitrogens with one attached hydrogen (secondary N) is 1. The van der Waals surface area contributed by atoms with Crippen LogP contribution in [0.2, 0.25) is 0 Å². The second-order valence-corrected chi connectivity index (χ2v) is 4.81. The predicted octanol–water partition coefficient (Wildman–Crippen LogP) is 1.85. The van der Waals surface area contributed by atoms with E-state index in [0.29, 0.717) is 13.2 Å². The van der Waals surface area contributed by atoms with Gasteiger partial charge in [-0.1, -0.05) is 12.1 Å². The number of hydrogen-bond acceptors (Lipinski definition) is 5. The van der Waals surface area contributed by atoms with Crippen LogP contribution in [0, 0.1) is 16.0 Å². The van der Waals surface area contributed by atoms with Gasteiger partial charge in [-0.3, -0.25) is 14.9 Å². The summed E-state index contributed by atoms with van der Waals surface area (Å²) in [5.74, 6) is -0.385. The molecular formula is C14H18N2O4. The van der Waals surface area contributed by atoms with Gasteiger partial charge in [-0.15, -0.1) is 0 Å². The van der Waals surface area contributed by atoms with Crippen molar-refractivity contribution in [1.82, 2.24) is 5.32 Å². The van der Waals surface area contributed by atoms with Crippen LogP contribution < -0.4 is 5.32 Å². The van der Waals surface area contributed by atoms with E-state index in [-0.39, 0.29) is 23.5 Å². The summed E-state index contributed by atoms with van der Waals surface area (Å²) in [6.45, 7) is 3.56. The number of rotatable bonds is 4. The Morgan fingerprint density at radius 1 is 1.45 bits per heavy atom. The number of nitro benzene ring substituents is 1. The van der Waals surface area contributed by atoms with E-state index < -0.39 is 4.92 Å². The summed E-state index contributed by atoms with van der Waals surface area (Å²) in [7, 11) is 0. The minimum atomic E-state index is -0.422. The van der Waals surface area contributed by atoms with Gasteiger partial charge in [0.05, 0.1) is 17.4 Å². The van der Waals surface area contributed by atoms with E-state index in [4.69, 9.17) is 4.74 Å². The normalized spacial score (nSPS) is 22.2. The van der Waals surface area contributed by atoms with Crippen molar-refractivity contribution in [2.75, 3.05) is 19.7 Å². The third kappa shape index (κ3) is 3.14. The van der Waals surface area contributed by atoms with E-state index >= 15 is 0 Å². The Kier molecular flexibility index (Phi) is 4.68. The van der Waals surface area contributed by atoms with Crippen LogP contribution >= 0.6 is 0 Å². The molecule has 0 amide bonds. The van der Waals surface area contributed by atoms with Gasteiger partial charge in [0.1, 0.15) is 0 Å². The van der Waals surface area contributed by atoms with Crippen molar-refractivity contribution in [1.29, 1.82) is 0 Å². The maximum Gasteiger partial charge on any atom is 0.310 e. The highest BCUT2D eigenvalue weighted by atomic mass is 16.6. The van der Waals surface area contributed by atoms with Gasteiger partial charge < -0.3 is 10.1 Å². The van der Waals surface area contributed by atoms with Gasteiger partial charge >= 0.3 is 5.97 Å². The van der Waals surface area contributed by atoms with Crippen LogP contribution in [0.3, 0.4) is 0 Å². The number of non-ortho nitro benzene ring substituents is 1. The number of nitrogens with zero attached hydrogens (tertiary/aromatic N) is 1. The molecule has 0 spiro atoms. The van der Waals surface area contributed by atoms with Gasteiger partial charge in [-0.05, 0) is 31.4 Å². The number of esters is 1. The number of ether oxygens (including phenoxy) is 1. The fourth-order valence-corrected chi connectivity index (χ4v) is 2.60. The Morgan fingerprint density at radius 2 is 2.15 bits per heavy atom. The van der Waals surface area contributed by atoms with Crippen LogP contribution in [0.15, 0.2) is 24.3 Å². The molecule has 1 fully saturated rings. The average molecular weight is 278 g/mol. The van der Waals surface area contributed by atoms with E-state index in [1.807, 2.05) is 0 Å². The summed E-state index contributed by atoms with van der Waals surface area (Å²) < 4.78 is 5.11. The molecule has 0 aromatic heterocycles. The number of hydrogen-bond donors (Lipinski definition) is 1. The first kappa shape index (κ1) is 14.5. The summed E-state index contributed by atoms with van der Waals surface area (Å²) in [6, 6.07) is 6.44. The fraction of sp³-hybridized carbons (Fsp3) is 0.500. The zero-order valence-corrected chi connectivity index (χ0v) is 11.4. The summed E-state index contributed by atoms with van der Waals surface area (Å²) in [4.78, 5) is 22.2. The molecule has 1 aromatic rings. The lowest BCUT2D eigenvalue weighted by atomic mass is 9.81. The Hall–Kier alpha value is -1.95. The molecule has 1 N–H and O–H groups in total. The largest absolute Gasteiger partial charge is 0.466 e. The third-order valence-corrected chi connectivity index (χ3v) is 3.60. The first-order valence-electron chi connectivity index (χ1n) is 6.75. The van der Waals surface area contributed by atoms with Crippen molar-refractivity contribution < 1.29 is 14.5 Å². The minimum Gasteiger partial charge on any atom is -0.466 e. The van der Waals surface area contributed by atoms with Crippen LogP contribution in [-0.2, 0) is 9.53 Å². The first-order valence-corrected chi connectivity index (χ1v) is 6.75. The number of carbonyl (C=O) groups excluding carboxylic acids is 1. The Bertz CT molecular complexity index is 486. The topological polar surface area (TPSA) is 81.5 Å². The highest BCUT2D eigenvalue weighted by Crippen LogP contribution is 2.32. The fourth-order valence-electron chi connectivity index (χ4n) is 2.60. The smallest absolute Gasteiger partial charge is 0.310 e. The monoisotopic (exact) mass is 278 g/mol. The van der Waals surface area contributed by atoms with Gasteiger partial charge in [0, 0.05) is 18.7 Å². The zero-order valence-electron chi connectivity index (χ0n) is 11.4. The third-order valence-electron chi connectivity index (χ3n) is 3.60. The molecule has 2 unspecified atom stereocenters. The molecule has 1 aliphatic heterocycles. The van der Waals surface area contributed by atoms with Gasteiger partial charge in [0.25, 0.3) is 5.69 Å². The maximum absolute atomic E-state index is 12.0. The molecule has 6 heteroatoms. The molecule has 0 saturated carbocycles. The number of carbonyl (C=O) groups is 1. The van der Waals surface area contributed by atoms with Crippen LogP contribution in [0.25, 0.3) is 0 Å². The van der Waals surface area contributed by atoms with E-state index in [9.17, 15) is 14.9 Å². The summed E-state index contributed by atoms with van der Waals surface area (Å²) >= 11 is 0. The second-order valence-electron chi connectivity index (χ2n) is 4.81. The average Bonchev–Trinajstić information content (AvgIpc) is 2.47. The molecule has 0 radical (unpaired) electrons. The Labute approximate surface area is 117 Å². The highest BCUT2D eigenvalue weighted by molar-refractivity contribution is 5.74. The number of benzene rings is 1. The number of piperidine rings is 1. The van der Waals surface area contributed by atoms with Crippen molar-refractivity contribution >= 4 is 11.7 Å². The van der Waals surface area contributed by atoms with Gasteiger partial charge in [-0.2, -0.15) is 0 Å². The quantitative estimate of drug-likeness (QED) is 0.516. The second kappa shape index (κ2) is 6.47. The first-order chi connectivity index (χ1) is 9.63. The highest BCUT2D eigenvalue weighted by Gasteiger charge is 2.33. The van der Waals surface area contributed by atoms with Crippen molar-refractivity contribution in [3.63, 3.8) is 0 Å². The molecule has 2 atom stereocenters. The van der Waals surface area contributed by atoms with E-state index in [1.165, 1.54) is 12.1 Å². The molecule has 0 aliphatic carbocycles. The molecule has 6 nitrogen and oxygen atoms in total. The van der Waals surface area contributed by atoms with Crippen LogP contribution in [0.4, 0.5) is 5.69 Å². The van der Waals surface area contributed by atoms with Crippen LogP contribution in [-0.4, -0.2) is 30.6 Å². The van der Waals surface area contributed by atoms with Gasteiger partial charge in [0.15, 0.2) is 0 Å². The standard InChI is InChI=1S/C14H18N2O4/c1-2-20-14(17)13-9-15-8-7-12(13)10-3-5-11(6-4-10)16(18)19/h3-6,12-13,15H,2,7-9H2,1H3. The van der Waals surface area contributed by atoms with Gasteiger partial charge in [-0.25, -0.2) is 0 Å². The lowest BCUT2D eigenvalue weighted by molar-refractivity contribution is -0.384. The molecule has 1 saturated heterocycles. The van der Waals surface area contributed by atoms with Crippen molar-refractivity contribution in [3.05, 3.63) is 39.9 Å². The van der Waals surface area contributed by atoms with Crippen molar-refractivity contribution in [2.24, 2.45) is 5.92 Å². The van der Waals surface area contributed by atoms with Gasteiger partial charge in [0.2, 0.25) is 0 Å². The van der Waals surface area contributed by atoms with Crippen molar-refractivity contribution in [2.45, 2.75) is 19.3 Å². The van der Waals surface area contributed by atoms with Crippen LogP contribution in [0.5, 0.6) is 0 Å².